The highest BCUT2D eigenvalue weighted by molar-refractivity contribution is 7.90. The van der Waals surface area contributed by atoms with Crippen molar-refractivity contribution in [2.75, 3.05) is 17.3 Å². The van der Waals surface area contributed by atoms with Gasteiger partial charge in [-0.15, -0.1) is 0 Å². The van der Waals surface area contributed by atoms with Gasteiger partial charge in [-0.05, 0) is 31.0 Å². The van der Waals surface area contributed by atoms with Gasteiger partial charge in [0.1, 0.15) is 9.84 Å². The molecule has 1 aliphatic rings. The number of benzene rings is 1. The van der Waals surface area contributed by atoms with Gasteiger partial charge in [0.05, 0.1) is 52.4 Å². The van der Waals surface area contributed by atoms with Gasteiger partial charge in [0.15, 0.2) is 0 Å². The van der Waals surface area contributed by atoms with Crippen LogP contribution in [0, 0.1) is 0 Å². The van der Waals surface area contributed by atoms with E-state index in [1.165, 1.54) is 24.8 Å². The maximum atomic E-state index is 12.4. The highest BCUT2D eigenvalue weighted by atomic mass is 35.5. The Morgan fingerprint density at radius 3 is 2.68 bits per heavy atom. The van der Waals surface area contributed by atoms with E-state index < -0.39 is 19.9 Å². The normalized spacial score (nSPS) is 14.5. The number of hydrogen-bond donors (Lipinski definition) is 1. The monoisotopic (exact) mass is 521 g/mol. The van der Waals surface area contributed by atoms with Crippen molar-refractivity contribution in [3.05, 3.63) is 48.0 Å². The average Bonchev–Trinajstić information content (AvgIpc) is 3.38. The van der Waals surface area contributed by atoms with E-state index in [4.69, 9.17) is 11.6 Å². The summed E-state index contributed by atoms with van der Waals surface area (Å²) in [4.78, 5) is 8.64. The van der Waals surface area contributed by atoms with Crippen LogP contribution in [0.1, 0.15) is 12.8 Å². The van der Waals surface area contributed by atoms with E-state index in [-0.39, 0.29) is 28.5 Å². The van der Waals surface area contributed by atoms with Gasteiger partial charge in [0.25, 0.3) is 10.0 Å². The molecule has 3 aromatic heterocycles. The molecule has 0 unspecified atom stereocenters. The van der Waals surface area contributed by atoms with Crippen LogP contribution in [0.4, 0.5) is 11.6 Å². The second-order valence-electron chi connectivity index (χ2n) is 8.16. The molecule has 11 nitrogen and oxygen atoms in total. The Kier molecular flexibility index (Phi) is 5.57. The summed E-state index contributed by atoms with van der Waals surface area (Å²) in [6.45, 7) is 0.268. The first-order chi connectivity index (χ1) is 16.1. The molecule has 14 heteroatoms. The lowest BCUT2D eigenvalue weighted by molar-refractivity contribution is 0.578. The van der Waals surface area contributed by atoms with Crippen molar-refractivity contribution in [2.45, 2.75) is 24.6 Å². The number of hydrogen-bond acceptors (Lipinski definition) is 9. The van der Waals surface area contributed by atoms with E-state index >= 15 is 0 Å². The van der Waals surface area contributed by atoms with E-state index in [2.05, 4.69) is 25.5 Å². The lowest BCUT2D eigenvalue weighted by Crippen LogP contribution is -2.17. The van der Waals surface area contributed by atoms with Crippen molar-refractivity contribution >= 4 is 54.0 Å². The van der Waals surface area contributed by atoms with Crippen molar-refractivity contribution in [3.63, 3.8) is 0 Å². The predicted octanol–water partition coefficient (Wildman–Crippen LogP) is 2.47. The maximum absolute atomic E-state index is 12.4. The molecule has 1 fully saturated rings. The summed E-state index contributed by atoms with van der Waals surface area (Å²) in [5, 5.41) is 12.2. The molecule has 34 heavy (non-hydrogen) atoms. The van der Waals surface area contributed by atoms with Gasteiger partial charge in [-0.3, -0.25) is 4.68 Å². The van der Waals surface area contributed by atoms with Crippen LogP contribution in [-0.4, -0.2) is 63.0 Å². The Morgan fingerprint density at radius 1 is 1.15 bits per heavy atom. The fourth-order valence-electron chi connectivity index (χ4n) is 3.36. The molecule has 1 aliphatic carbocycles. The third-order valence-electron chi connectivity index (χ3n) is 5.29. The summed E-state index contributed by atoms with van der Waals surface area (Å²) >= 11 is 6.28. The zero-order valence-electron chi connectivity index (χ0n) is 18.0. The molecule has 1 N–H and O–H groups in total. The van der Waals surface area contributed by atoms with Crippen LogP contribution >= 0.6 is 11.6 Å². The highest BCUT2D eigenvalue weighted by Crippen LogP contribution is 2.32. The molecule has 0 saturated heterocycles. The molecule has 5 rings (SSSR count). The zero-order valence-corrected chi connectivity index (χ0v) is 20.3. The van der Waals surface area contributed by atoms with Crippen LogP contribution in [-0.2, 0) is 26.4 Å². The van der Waals surface area contributed by atoms with Crippen molar-refractivity contribution < 1.29 is 16.8 Å². The Bertz CT molecular complexity index is 1610. The van der Waals surface area contributed by atoms with E-state index in [9.17, 15) is 16.8 Å². The van der Waals surface area contributed by atoms with E-state index in [1.807, 2.05) is 12.1 Å². The molecule has 0 bridgehead atoms. The number of nitrogens with one attached hydrogen (secondary N) is 1. The third kappa shape index (κ3) is 4.76. The molecule has 4 aromatic rings. The molecule has 0 atom stereocenters. The van der Waals surface area contributed by atoms with Crippen LogP contribution in [0.15, 0.2) is 43.0 Å². The summed E-state index contributed by atoms with van der Waals surface area (Å²) in [7, 11) is -6.58. The fourth-order valence-corrected chi connectivity index (χ4v) is 5.56. The summed E-state index contributed by atoms with van der Waals surface area (Å²) in [5.74, 6) is 0.263. The molecule has 0 amide bonds. The number of sulfone groups is 1. The number of halogens is 1. The number of fused-ring (bicyclic) bond motifs is 1. The molecule has 3 heterocycles. The molecule has 178 valence electrons. The minimum absolute atomic E-state index is 0.00598. The van der Waals surface area contributed by atoms with Gasteiger partial charge in [-0.2, -0.15) is 14.3 Å². The number of nitrogens with zero attached hydrogens (tertiary/aromatic N) is 6. The second kappa shape index (κ2) is 8.32. The van der Waals surface area contributed by atoms with Gasteiger partial charge >= 0.3 is 0 Å². The number of anilines is 2. The maximum Gasteiger partial charge on any atom is 0.256 e. The van der Waals surface area contributed by atoms with Gasteiger partial charge in [0.2, 0.25) is 5.95 Å². The van der Waals surface area contributed by atoms with Crippen LogP contribution in [0.25, 0.3) is 22.2 Å². The standard InChI is InChI=1S/C20H20ClN7O4S2/c1-33(29,30)7-6-27-11-13-2-3-15(8-18(13)26-27)24-20-22-10-17(21)19(25-20)14-9-23-28(12-14)34(31,32)16-4-5-16/h2-3,8-12,16H,4-7H2,1H3,(H,22,24,25). The van der Waals surface area contributed by atoms with E-state index in [1.54, 1.807) is 16.9 Å². The highest BCUT2D eigenvalue weighted by Gasteiger charge is 2.37. The van der Waals surface area contributed by atoms with Gasteiger partial charge in [0, 0.05) is 29.1 Å². The lowest BCUT2D eigenvalue weighted by atomic mass is 10.2. The van der Waals surface area contributed by atoms with Crippen LogP contribution in [0.5, 0.6) is 0 Å². The number of aryl methyl sites for hydroxylation is 1. The smallest absolute Gasteiger partial charge is 0.256 e. The molecule has 0 spiro atoms. The van der Waals surface area contributed by atoms with Crippen LogP contribution in [0.2, 0.25) is 5.02 Å². The van der Waals surface area contributed by atoms with Gasteiger partial charge in [-0.25, -0.2) is 26.8 Å². The first-order valence-electron chi connectivity index (χ1n) is 10.3. The van der Waals surface area contributed by atoms with Crippen molar-refractivity contribution in [1.29, 1.82) is 0 Å². The van der Waals surface area contributed by atoms with Crippen molar-refractivity contribution in [1.82, 2.24) is 28.9 Å². The molecule has 0 aliphatic heterocycles. The molecular weight excluding hydrogens is 502 g/mol. The van der Waals surface area contributed by atoms with Gasteiger partial charge < -0.3 is 5.32 Å². The average molecular weight is 522 g/mol. The quantitative estimate of drug-likeness (QED) is 0.370. The van der Waals surface area contributed by atoms with Crippen LogP contribution < -0.4 is 5.32 Å². The molecular formula is C20H20ClN7O4S2. The first-order valence-corrected chi connectivity index (χ1v) is 14.3. The zero-order chi connectivity index (χ0) is 24.1. The fraction of sp³-hybridized carbons (Fsp3) is 0.300. The Labute approximate surface area is 200 Å². The van der Waals surface area contributed by atoms with E-state index in [0.717, 1.165) is 9.47 Å². The lowest BCUT2D eigenvalue weighted by Gasteiger charge is -2.07. The molecule has 0 radical (unpaired) electrons. The van der Waals surface area contributed by atoms with Crippen molar-refractivity contribution in [2.24, 2.45) is 0 Å². The van der Waals surface area contributed by atoms with Gasteiger partial charge in [-0.1, -0.05) is 11.6 Å². The minimum Gasteiger partial charge on any atom is -0.324 e. The summed E-state index contributed by atoms with van der Waals surface area (Å²) in [6.07, 6.45) is 8.50. The summed E-state index contributed by atoms with van der Waals surface area (Å²) in [5.41, 5.74) is 2.16. The second-order valence-corrected chi connectivity index (χ2v) is 12.9. The van der Waals surface area contributed by atoms with Crippen LogP contribution in [0.3, 0.4) is 0 Å². The Balaban J connectivity index is 1.38. The minimum atomic E-state index is -3.49. The Morgan fingerprint density at radius 2 is 1.94 bits per heavy atom. The van der Waals surface area contributed by atoms with Crippen molar-refractivity contribution in [3.8, 4) is 11.3 Å². The third-order valence-corrected chi connectivity index (χ3v) is 8.52. The molecule has 1 aromatic carbocycles. The number of aromatic nitrogens is 6. The summed E-state index contributed by atoms with van der Waals surface area (Å²) in [6, 6.07) is 5.47. The predicted molar refractivity (Wildman–Crippen MR) is 128 cm³/mol. The first kappa shape index (κ1) is 22.7. The SMILES string of the molecule is CS(=O)(=O)CCn1cc2ccc(Nc3ncc(Cl)c(-c4cnn(S(=O)(=O)C5CC5)c4)n3)cc2n1. The van der Waals surface area contributed by atoms with E-state index in [0.29, 0.717) is 35.3 Å². The number of rotatable bonds is 8. The topological polar surface area (TPSA) is 142 Å². The Hall–Kier alpha value is -3.03. The summed E-state index contributed by atoms with van der Waals surface area (Å²) < 4.78 is 50.2. The molecule has 1 saturated carbocycles. The largest absolute Gasteiger partial charge is 0.324 e.